The van der Waals surface area contributed by atoms with Crippen molar-refractivity contribution in [2.75, 3.05) is 37.0 Å². The third-order valence-corrected chi connectivity index (χ3v) is 5.14. The summed E-state index contributed by atoms with van der Waals surface area (Å²) in [7, 11) is 0. The summed E-state index contributed by atoms with van der Waals surface area (Å²) in [5, 5.41) is 11.7. The lowest BCUT2D eigenvalue weighted by molar-refractivity contribution is 0.0240. The Morgan fingerprint density at radius 3 is 3.08 bits per heavy atom. The van der Waals surface area contributed by atoms with Crippen LogP contribution in [0.3, 0.4) is 0 Å². The van der Waals surface area contributed by atoms with Gasteiger partial charge in [0.1, 0.15) is 10.7 Å². The average molecular weight is 379 g/mol. The van der Waals surface area contributed by atoms with Crippen molar-refractivity contribution in [1.29, 1.82) is 0 Å². The molecule has 0 saturated carbocycles. The molecule has 4 heterocycles. The molecule has 2 aliphatic rings. The number of nitrogens with one attached hydrogen (secondary N) is 2. The molecule has 1 saturated heterocycles. The standard InChI is InChI=1S/C17H23ClN6O2/c1-10-9-25-7-4-13(10)24-11(2)14-16(23-24)26-6-3-5-19-15-12(18)8-20-17(21-14)22-15/h8,10,13H,3-7,9H2,1-2H3,(H2,19,20,21,22). The van der Waals surface area contributed by atoms with Crippen LogP contribution in [0.1, 0.15) is 31.5 Å². The number of ether oxygens (including phenoxy) is 2. The average Bonchev–Trinajstić information content (AvgIpc) is 2.92. The van der Waals surface area contributed by atoms with Crippen LogP contribution in [0.5, 0.6) is 5.88 Å². The first-order valence-electron chi connectivity index (χ1n) is 8.96. The summed E-state index contributed by atoms with van der Waals surface area (Å²) >= 11 is 6.17. The number of aromatic nitrogens is 4. The largest absolute Gasteiger partial charge is 0.475 e. The molecule has 0 aromatic carbocycles. The molecule has 2 aromatic rings. The molecule has 4 rings (SSSR count). The molecular weight excluding hydrogens is 356 g/mol. The van der Waals surface area contributed by atoms with Gasteiger partial charge in [-0.15, -0.1) is 5.10 Å². The smallest absolute Gasteiger partial charge is 0.257 e. The zero-order valence-electron chi connectivity index (χ0n) is 15.0. The van der Waals surface area contributed by atoms with Gasteiger partial charge in [0.15, 0.2) is 5.82 Å². The Balaban J connectivity index is 1.72. The van der Waals surface area contributed by atoms with Gasteiger partial charge in [0.05, 0.1) is 31.1 Å². The van der Waals surface area contributed by atoms with Gasteiger partial charge in [-0.25, -0.2) is 4.98 Å². The highest BCUT2D eigenvalue weighted by Crippen LogP contribution is 2.36. The van der Waals surface area contributed by atoms with Gasteiger partial charge in [-0.05, 0) is 19.8 Å². The van der Waals surface area contributed by atoms with Gasteiger partial charge in [-0.1, -0.05) is 18.5 Å². The molecule has 0 amide bonds. The zero-order valence-corrected chi connectivity index (χ0v) is 15.7. The van der Waals surface area contributed by atoms with Crippen molar-refractivity contribution in [2.45, 2.75) is 32.7 Å². The second kappa shape index (κ2) is 7.28. The summed E-state index contributed by atoms with van der Waals surface area (Å²) < 4.78 is 13.6. The minimum atomic E-state index is 0.290. The van der Waals surface area contributed by atoms with Crippen molar-refractivity contribution >= 4 is 29.1 Å². The van der Waals surface area contributed by atoms with Crippen LogP contribution in [0.25, 0.3) is 0 Å². The minimum Gasteiger partial charge on any atom is -0.475 e. The monoisotopic (exact) mass is 378 g/mol. The summed E-state index contributed by atoms with van der Waals surface area (Å²) in [6, 6.07) is 0.290. The van der Waals surface area contributed by atoms with E-state index in [1.807, 2.05) is 6.92 Å². The first-order chi connectivity index (χ1) is 12.6. The molecule has 2 aromatic heterocycles. The molecule has 26 heavy (non-hydrogen) atoms. The second-order valence-electron chi connectivity index (χ2n) is 6.76. The highest BCUT2D eigenvalue weighted by molar-refractivity contribution is 6.32. The predicted molar refractivity (Wildman–Crippen MR) is 99.5 cm³/mol. The van der Waals surface area contributed by atoms with Gasteiger partial charge in [0, 0.05) is 19.1 Å². The normalized spacial score (nSPS) is 23.0. The molecule has 140 valence electrons. The van der Waals surface area contributed by atoms with E-state index in [9.17, 15) is 0 Å². The van der Waals surface area contributed by atoms with Crippen LogP contribution in [0.15, 0.2) is 6.20 Å². The Hall–Kier alpha value is -2.06. The van der Waals surface area contributed by atoms with E-state index in [0.29, 0.717) is 41.7 Å². The van der Waals surface area contributed by atoms with E-state index in [2.05, 4.69) is 32.2 Å². The minimum absolute atomic E-state index is 0.290. The SMILES string of the molecule is Cc1c2c(nn1C1CCOCC1C)OCCCNc1nc(ncc1Cl)N2. The maximum Gasteiger partial charge on any atom is 0.257 e. The summed E-state index contributed by atoms with van der Waals surface area (Å²) in [5.41, 5.74) is 1.81. The van der Waals surface area contributed by atoms with Crippen molar-refractivity contribution in [1.82, 2.24) is 19.7 Å². The number of hydrogen-bond acceptors (Lipinski definition) is 7. The number of nitrogens with zero attached hydrogens (tertiary/aromatic N) is 4. The third-order valence-electron chi connectivity index (χ3n) is 4.86. The molecule has 0 radical (unpaired) electrons. The van der Waals surface area contributed by atoms with Gasteiger partial charge in [-0.2, -0.15) is 4.98 Å². The highest BCUT2D eigenvalue weighted by Gasteiger charge is 2.29. The summed E-state index contributed by atoms with van der Waals surface area (Å²) in [5.74, 6) is 2.06. The van der Waals surface area contributed by atoms with Crippen LogP contribution in [0.2, 0.25) is 5.02 Å². The molecule has 8 nitrogen and oxygen atoms in total. The van der Waals surface area contributed by atoms with Gasteiger partial charge >= 0.3 is 0 Å². The number of hydrogen-bond donors (Lipinski definition) is 2. The maximum absolute atomic E-state index is 6.17. The summed E-state index contributed by atoms with van der Waals surface area (Å²) in [6.45, 7) is 7.00. The molecule has 9 heteroatoms. The Morgan fingerprint density at radius 1 is 1.35 bits per heavy atom. The third kappa shape index (κ3) is 3.31. The van der Waals surface area contributed by atoms with Crippen molar-refractivity contribution in [3.8, 4) is 5.88 Å². The molecule has 2 bridgehead atoms. The van der Waals surface area contributed by atoms with Crippen LogP contribution in [0.4, 0.5) is 17.5 Å². The Labute approximate surface area is 157 Å². The first kappa shape index (κ1) is 17.4. The van der Waals surface area contributed by atoms with E-state index < -0.39 is 0 Å². The quantitative estimate of drug-likeness (QED) is 0.788. The Morgan fingerprint density at radius 2 is 2.23 bits per heavy atom. The van der Waals surface area contributed by atoms with E-state index in [0.717, 1.165) is 37.4 Å². The van der Waals surface area contributed by atoms with E-state index in [1.54, 1.807) is 6.20 Å². The fourth-order valence-electron chi connectivity index (χ4n) is 3.40. The zero-order chi connectivity index (χ0) is 18.1. The lowest BCUT2D eigenvalue weighted by atomic mass is 9.98. The highest BCUT2D eigenvalue weighted by atomic mass is 35.5. The van der Waals surface area contributed by atoms with Crippen LogP contribution in [-0.4, -0.2) is 46.1 Å². The van der Waals surface area contributed by atoms with Crippen LogP contribution in [0, 0.1) is 12.8 Å². The van der Waals surface area contributed by atoms with E-state index in [4.69, 9.17) is 26.2 Å². The van der Waals surface area contributed by atoms with Crippen molar-refractivity contribution in [3.05, 3.63) is 16.9 Å². The van der Waals surface area contributed by atoms with Gasteiger partial charge in [0.25, 0.3) is 5.88 Å². The Kier molecular flexibility index (Phi) is 4.86. The van der Waals surface area contributed by atoms with E-state index in [-0.39, 0.29) is 6.04 Å². The molecule has 0 spiro atoms. The predicted octanol–water partition coefficient (Wildman–Crippen LogP) is 3.17. The molecular formula is C17H23ClN6O2. The lowest BCUT2D eigenvalue weighted by Gasteiger charge is -2.29. The van der Waals surface area contributed by atoms with Gasteiger partial charge in [-0.3, -0.25) is 4.68 Å². The topological polar surface area (TPSA) is 86.1 Å². The Bertz CT molecular complexity index is 796. The van der Waals surface area contributed by atoms with Crippen LogP contribution < -0.4 is 15.4 Å². The molecule has 2 unspecified atom stereocenters. The van der Waals surface area contributed by atoms with Gasteiger partial charge < -0.3 is 20.1 Å². The number of rotatable bonds is 1. The van der Waals surface area contributed by atoms with E-state index >= 15 is 0 Å². The molecule has 2 aliphatic heterocycles. The fourth-order valence-corrected chi connectivity index (χ4v) is 3.56. The summed E-state index contributed by atoms with van der Waals surface area (Å²) in [4.78, 5) is 8.76. The number of anilines is 3. The van der Waals surface area contributed by atoms with E-state index in [1.165, 1.54) is 0 Å². The molecule has 2 atom stereocenters. The van der Waals surface area contributed by atoms with Crippen LogP contribution in [-0.2, 0) is 4.74 Å². The second-order valence-corrected chi connectivity index (χ2v) is 7.17. The first-order valence-corrected chi connectivity index (χ1v) is 9.34. The maximum atomic E-state index is 6.17. The number of fused-ring (bicyclic) bond motifs is 3. The van der Waals surface area contributed by atoms with Crippen LogP contribution >= 0.6 is 11.6 Å². The van der Waals surface area contributed by atoms with Gasteiger partial charge in [0.2, 0.25) is 5.95 Å². The molecule has 0 aliphatic carbocycles. The van der Waals surface area contributed by atoms with Crippen molar-refractivity contribution in [2.24, 2.45) is 5.92 Å². The number of halogens is 1. The van der Waals surface area contributed by atoms with Crippen molar-refractivity contribution in [3.63, 3.8) is 0 Å². The molecule has 2 N–H and O–H groups in total. The molecule has 1 fully saturated rings. The summed E-state index contributed by atoms with van der Waals surface area (Å²) in [6.07, 6.45) is 3.35. The fraction of sp³-hybridized carbons (Fsp3) is 0.588. The van der Waals surface area contributed by atoms with Crippen molar-refractivity contribution < 1.29 is 9.47 Å². The lowest BCUT2D eigenvalue weighted by Crippen LogP contribution is -2.29.